The molecule has 112 valence electrons. The molecule has 7 heteroatoms. The maximum absolute atomic E-state index is 13.6. The standard InChI is InChI=1S/C13H17ClF2N2O2/c1-7(2)18(6-8(3)19)13(20)17-12-10(14)4-9(15)5-11(12)16/h4-5,7-8,19H,6H2,1-3H3,(H,17,20). The summed E-state index contributed by atoms with van der Waals surface area (Å²) in [6, 6.07) is 0.727. The van der Waals surface area contributed by atoms with E-state index in [2.05, 4.69) is 5.32 Å². The van der Waals surface area contributed by atoms with Crippen molar-refractivity contribution in [2.24, 2.45) is 0 Å². The van der Waals surface area contributed by atoms with Crippen LogP contribution in [0, 0.1) is 11.6 Å². The molecule has 0 radical (unpaired) electrons. The van der Waals surface area contributed by atoms with Crippen LogP contribution in [0.15, 0.2) is 12.1 Å². The van der Waals surface area contributed by atoms with Crippen LogP contribution in [0.1, 0.15) is 20.8 Å². The fraction of sp³-hybridized carbons (Fsp3) is 0.462. The normalized spacial score (nSPS) is 12.4. The number of halogens is 3. The summed E-state index contributed by atoms with van der Waals surface area (Å²) in [5.74, 6) is -1.78. The van der Waals surface area contributed by atoms with Gasteiger partial charge in [-0.1, -0.05) is 11.6 Å². The molecule has 0 aliphatic heterocycles. The Balaban J connectivity index is 2.94. The molecule has 1 aromatic rings. The second-order valence-corrected chi connectivity index (χ2v) is 5.18. The number of anilines is 1. The zero-order chi connectivity index (χ0) is 15.4. The Labute approximate surface area is 121 Å². The Hall–Kier alpha value is -1.40. The minimum Gasteiger partial charge on any atom is -0.392 e. The van der Waals surface area contributed by atoms with Crippen molar-refractivity contribution in [1.29, 1.82) is 0 Å². The summed E-state index contributed by atoms with van der Waals surface area (Å²) in [6.07, 6.45) is -0.725. The zero-order valence-electron chi connectivity index (χ0n) is 11.5. The van der Waals surface area contributed by atoms with Gasteiger partial charge in [-0.05, 0) is 26.8 Å². The van der Waals surface area contributed by atoms with Crippen LogP contribution in [-0.4, -0.2) is 34.7 Å². The topological polar surface area (TPSA) is 52.6 Å². The second-order valence-electron chi connectivity index (χ2n) is 4.77. The number of urea groups is 1. The number of carbonyl (C=O) groups is 1. The van der Waals surface area contributed by atoms with Crippen molar-refractivity contribution in [2.75, 3.05) is 11.9 Å². The van der Waals surface area contributed by atoms with Crippen molar-refractivity contribution < 1.29 is 18.7 Å². The number of aliphatic hydroxyl groups is 1. The first kappa shape index (κ1) is 16.7. The third-order valence-electron chi connectivity index (χ3n) is 2.58. The predicted molar refractivity (Wildman–Crippen MR) is 73.9 cm³/mol. The number of hydrogen-bond donors (Lipinski definition) is 2. The average molecular weight is 307 g/mol. The number of nitrogens with zero attached hydrogens (tertiary/aromatic N) is 1. The molecule has 2 amide bonds. The molecule has 0 spiro atoms. The fourth-order valence-electron chi connectivity index (χ4n) is 1.65. The minimum absolute atomic E-state index is 0.0872. The van der Waals surface area contributed by atoms with Gasteiger partial charge >= 0.3 is 6.03 Å². The molecular formula is C13H17ClF2N2O2. The lowest BCUT2D eigenvalue weighted by Gasteiger charge is -2.28. The summed E-state index contributed by atoms with van der Waals surface area (Å²) in [4.78, 5) is 13.4. The Kier molecular flexibility index (Phi) is 5.71. The third-order valence-corrected chi connectivity index (χ3v) is 2.88. The SMILES string of the molecule is CC(O)CN(C(=O)Nc1c(F)cc(F)cc1Cl)C(C)C. The van der Waals surface area contributed by atoms with Gasteiger partial charge in [0.15, 0.2) is 5.82 Å². The van der Waals surface area contributed by atoms with Crippen LogP contribution in [0.5, 0.6) is 0 Å². The summed E-state index contributed by atoms with van der Waals surface area (Å²) >= 11 is 5.71. The van der Waals surface area contributed by atoms with E-state index in [9.17, 15) is 18.7 Å². The molecule has 0 heterocycles. The summed E-state index contributed by atoms with van der Waals surface area (Å²) in [7, 11) is 0. The number of carbonyl (C=O) groups excluding carboxylic acids is 1. The van der Waals surface area contributed by atoms with Crippen LogP contribution in [0.3, 0.4) is 0 Å². The Morgan fingerprint density at radius 1 is 1.40 bits per heavy atom. The molecule has 0 aliphatic rings. The van der Waals surface area contributed by atoms with E-state index in [0.29, 0.717) is 6.07 Å². The molecule has 0 aliphatic carbocycles. The molecule has 0 bridgehead atoms. The highest BCUT2D eigenvalue weighted by Gasteiger charge is 2.21. The highest BCUT2D eigenvalue weighted by molar-refractivity contribution is 6.33. The maximum Gasteiger partial charge on any atom is 0.322 e. The molecule has 1 aromatic carbocycles. The van der Waals surface area contributed by atoms with Gasteiger partial charge in [0.25, 0.3) is 0 Å². The maximum atomic E-state index is 13.6. The van der Waals surface area contributed by atoms with Gasteiger partial charge in [0.1, 0.15) is 5.82 Å². The van der Waals surface area contributed by atoms with Crippen LogP contribution in [0.2, 0.25) is 5.02 Å². The van der Waals surface area contributed by atoms with Gasteiger partial charge in [-0.15, -0.1) is 0 Å². The molecule has 0 fully saturated rings. The first-order valence-corrected chi connectivity index (χ1v) is 6.50. The van der Waals surface area contributed by atoms with Crippen LogP contribution in [-0.2, 0) is 0 Å². The number of nitrogens with one attached hydrogen (secondary N) is 1. The number of rotatable bonds is 4. The quantitative estimate of drug-likeness (QED) is 0.897. The molecule has 0 aromatic heterocycles. The lowest BCUT2D eigenvalue weighted by Crippen LogP contribution is -2.44. The molecule has 4 nitrogen and oxygen atoms in total. The summed E-state index contributed by atoms with van der Waals surface area (Å²) in [6.45, 7) is 5.13. The van der Waals surface area contributed by atoms with Crippen molar-refractivity contribution in [3.63, 3.8) is 0 Å². The van der Waals surface area contributed by atoms with Gasteiger partial charge < -0.3 is 15.3 Å². The highest BCUT2D eigenvalue weighted by Crippen LogP contribution is 2.26. The first-order chi connectivity index (χ1) is 9.22. The second kappa shape index (κ2) is 6.85. The van der Waals surface area contributed by atoms with E-state index in [1.165, 1.54) is 11.8 Å². The van der Waals surface area contributed by atoms with E-state index >= 15 is 0 Å². The predicted octanol–water partition coefficient (Wildman–Crippen LogP) is 3.24. The molecule has 1 unspecified atom stereocenters. The summed E-state index contributed by atoms with van der Waals surface area (Å²) in [5, 5.41) is 11.4. The smallest absolute Gasteiger partial charge is 0.322 e. The average Bonchev–Trinajstić information content (AvgIpc) is 2.29. The van der Waals surface area contributed by atoms with Crippen molar-refractivity contribution in [1.82, 2.24) is 4.90 Å². The van der Waals surface area contributed by atoms with E-state index in [0.717, 1.165) is 6.07 Å². The minimum atomic E-state index is -0.955. The molecule has 0 saturated heterocycles. The third kappa shape index (κ3) is 4.31. The number of aliphatic hydroxyl groups excluding tert-OH is 1. The van der Waals surface area contributed by atoms with E-state index in [-0.39, 0.29) is 23.3 Å². The van der Waals surface area contributed by atoms with Crippen molar-refractivity contribution in [2.45, 2.75) is 32.9 Å². The van der Waals surface area contributed by atoms with E-state index in [4.69, 9.17) is 11.6 Å². The summed E-state index contributed by atoms with van der Waals surface area (Å²) < 4.78 is 26.5. The number of benzene rings is 1. The number of hydrogen-bond acceptors (Lipinski definition) is 2. The first-order valence-electron chi connectivity index (χ1n) is 6.12. The van der Waals surface area contributed by atoms with E-state index in [1.807, 2.05) is 0 Å². The zero-order valence-corrected chi connectivity index (χ0v) is 12.2. The monoisotopic (exact) mass is 306 g/mol. The van der Waals surface area contributed by atoms with Crippen LogP contribution in [0.25, 0.3) is 0 Å². The largest absolute Gasteiger partial charge is 0.392 e. The Bertz CT molecular complexity index is 472. The van der Waals surface area contributed by atoms with Crippen LogP contribution < -0.4 is 5.32 Å². The van der Waals surface area contributed by atoms with Crippen LogP contribution in [0.4, 0.5) is 19.3 Å². The lowest BCUT2D eigenvalue weighted by atomic mass is 10.2. The van der Waals surface area contributed by atoms with Crippen LogP contribution >= 0.6 is 11.6 Å². The number of amides is 2. The van der Waals surface area contributed by atoms with Gasteiger partial charge in [0.05, 0.1) is 16.8 Å². The van der Waals surface area contributed by atoms with Gasteiger partial charge in [-0.2, -0.15) is 0 Å². The fourth-order valence-corrected chi connectivity index (χ4v) is 1.90. The molecular weight excluding hydrogens is 290 g/mol. The van der Waals surface area contributed by atoms with Crippen molar-refractivity contribution in [3.05, 3.63) is 28.8 Å². The van der Waals surface area contributed by atoms with Gasteiger partial charge in [-0.3, -0.25) is 0 Å². The van der Waals surface area contributed by atoms with Gasteiger partial charge in [0.2, 0.25) is 0 Å². The Morgan fingerprint density at radius 3 is 2.45 bits per heavy atom. The van der Waals surface area contributed by atoms with E-state index in [1.54, 1.807) is 13.8 Å². The van der Waals surface area contributed by atoms with Gasteiger partial charge in [-0.25, -0.2) is 13.6 Å². The van der Waals surface area contributed by atoms with Crippen molar-refractivity contribution >= 4 is 23.3 Å². The molecule has 20 heavy (non-hydrogen) atoms. The molecule has 0 saturated carbocycles. The van der Waals surface area contributed by atoms with E-state index < -0.39 is 23.8 Å². The van der Waals surface area contributed by atoms with Gasteiger partial charge in [0, 0.05) is 18.7 Å². The summed E-state index contributed by atoms with van der Waals surface area (Å²) in [5.41, 5.74) is -0.283. The Morgan fingerprint density at radius 2 is 2.00 bits per heavy atom. The molecule has 1 atom stereocenters. The molecule has 1 rings (SSSR count). The molecule has 2 N–H and O–H groups in total. The van der Waals surface area contributed by atoms with Crippen molar-refractivity contribution in [3.8, 4) is 0 Å². The highest BCUT2D eigenvalue weighted by atomic mass is 35.5. The lowest BCUT2D eigenvalue weighted by molar-refractivity contribution is 0.125.